The number of thiocarbonyl (C=S) groups is 1. The first-order valence-electron chi connectivity index (χ1n) is 6.50. The van der Waals surface area contributed by atoms with E-state index in [-0.39, 0.29) is 6.10 Å². The predicted octanol–water partition coefficient (Wildman–Crippen LogP) is 2.46. The number of hydrogen-bond donors (Lipinski definition) is 1. The standard InChI is InChI=1S/C13H19N3OS/c1-2-9-5-3-4-6-11(9)17-13-10(12(14)18)7-8-15-16-13/h7-9,11H,2-6H2,1H3,(H2,14,18). The van der Waals surface area contributed by atoms with Crippen LogP contribution in [0, 0.1) is 5.92 Å². The molecule has 2 N–H and O–H groups in total. The summed E-state index contributed by atoms with van der Waals surface area (Å²) in [7, 11) is 0. The first-order valence-corrected chi connectivity index (χ1v) is 6.91. The summed E-state index contributed by atoms with van der Waals surface area (Å²) in [5.74, 6) is 1.08. The van der Waals surface area contributed by atoms with Crippen LogP contribution in [0.5, 0.6) is 5.88 Å². The van der Waals surface area contributed by atoms with Crippen LogP contribution >= 0.6 is 12.2 Å². The third-order valence-corrected chi connectivity index (χ3v) is 3.80. The van der Waals surface area contributed by atoms with Crippen molar-refractivity contribution in [3.8, 4) is 5.88 Å². The Morgan fingerprint density at radius 2 is 2.28 bits per heavy atom. The van der Waals surface area contributed by atoms with Gasteiger partial charge in [-0.15, -0.1) is 5.10 Å². The van der Waals surface area contributed by atoms with Crippen molar-refractivity contribution in [3.05, 3.63) is 17.8 Å². The van der Waals surface area contributed by atoms with Crippen LogP contribution in [-0.2, 0) is 0 Å². The zero-order chi connectivity index (χ0) is 13.0. The normalized spacial score (nSPS) is 23.6. The second-order valence-electron chi connectivity index (χ2n) is 4.72. The highest BCUT2D eigenvalue weighted by atomic mass is 32.1. The maximum Gasteiger partial charge on any atom is 0.244 e. The van der Waals surface area contributed by atoms with E-state index in [2.05, 4.69) is 17.1 Å². The Bertz CT molecular complexity index is 424. The Morgan fingerprint density at radius 3 is 3.00 bits per heavy atom. The van der Waals surface area contributed by atoms with Crippen LogP contribution < -0.4 is 10.5 Å². The fraction of sp³-hybridized carbons (Fsp3) is 0.615. The number of aromatic nitrogens is 2. The molecule has 0 radical (unpaired) electrons. The number of nitrogens with two attached hydrogens (primary N) is 1. The Hall–Kier alpha value is -1.23. The molecular formula is C13H19N3OS. The minimum atomic E-state index is 0.216. The Balaban J connectivity index is 2.15. The van der Waals surface area contributed by atoms with E-state index >= 15 is 0 Å². The lowest BCUT2D eigenvalue weighted by atomic mass is 9.85. The summed E-state index contributed by atoms with van der Waals surface area (Å²) < 4.78 is 6.01. The molecular weight excluding hydrogens is 246 g/mol. The van der Waals surface area contributed by atoms with Gasteiger partial charge < -0.3 is 10.5 Å². The highest BCUT2D eigenvalue weighted by Gasteiger charge is 2.26. The third-order valence-electron chi connectivity index (χ3n) is 3.58. The lowest BCUT2D eigenvalue weighted by Gasteiger charge is -2.31. The summed E-state index contributed by atoms with van der Waals surface area (Å²) in [4.78, 5) is 0.309. The molecule has 0 aliphatic heterocycles. The summed E-state index contributed by atoms with van der Waals surface area (Å²) >= 11 is 5.01. The van der Waals surface area contributed by atoms with Crippen LogP contribution in [0.1, 0.15) is 44.6 Å². The molecule has 1 aromatic heterocycles. The zero-order valence-electron chi connectivity index (χ0n) is 10.6. The van der Waals surface area contributed by atoms with Gasteiger partial charge in [-0.25, -0.2) is 0 Å². The van der Waals surface area contributed by atoms with Gasteiger partial charge in [0.2, 0.25) is 5.88 Å². The summed E-state index contributed by atoms with van der Waals surface area (Å²) in [6, 6.07) is 1.76. The lowest BCUT2D eigenvalue weighted by Crippen LogP contribution is -2.31. The molecule has 0 bridgehead atoms. The smallest absolute Gasteiger partial charge is 0.244 e. The van der Waals surface area contributed by atoms with E-state index < -0.39 is 0 Å². The van der Waals surface area contributed by atoms with Gasteiger partial charge in [0.25, 0.3) is 0 Å². The monoisotopic (exact) mass is 265 g/mol. The van der Waals surface area contributed by atoms with Crippen LogP contribution in [0.15, 0.2) is 12.3 Å². The van der Waals surface area contributed by atoms with Gasteiger partial charge >= 0.3 is 0 Å². The summed E-state index contributed by atoms with van der Waals surface area (Å²) in [6.45, 7) is 2.21. The van der Waals surface area contributed by atoms with E-state index in [0.29, 0.717) is 22.3 Å². The van der Waals surface area contributed by atoms with E-state index in [1.165, 1.54) is 19.3 Å². The van der Waals surface area contributed by atoms with Crippen LogP contribution in [-0.4, -0.2) is 21.3 Å². The van der Waals surface area contributed by atoms with Gasteiger partial charge in [0.05, 0.1) is 11.8 Å². The highest BCUT2D eigenvalue weighted by Crippen LogP contribution is 2.30. The molecule has 1 fully saturated rings. The first kappa shape index (κ1) is 13.2. The number of rotatable bonds is 4. The molecule has 5 heteroatoms. The van der Waals surface area contributed by atoms with Crippen molar-refractivity contribution >= 4 is 17.2 Å². The molecule has 0 aromatic carbocycles. The fourth-order valence-corrected chi connectivity index (χ4v) is 2.69. The molecule has 2 unspecified atom stereocenters. The molecule has 1 aliphatic rings. The van der Waals surface area contributed by atoms with Crippen molar-refractivity contribution in [2.24, 2.45) is 11.7 Å². The molecule has 2 rings (SSSR count). The second-order valence-corrected chi connectivity index (χ2v) is 5.16. The molecule has 1 saturated carbocycles. The van der Waals surface area contributed by atoms with Crippen molar-refractivity contribution in [2.45, 2.75) is 45.1 Å². The van der Waals surface area contributed by atoms with E-state index in [9.17, 15) is 0 Å². The highest BCUT2D eigenvalue weighted by molar-refractivity contribution is 7.80. The number of nitrogens with zero attached hydrogens (tertiary/aromatic N) is 2. The maximum absolute atomic E-state index is 6.01. The maximum atomic E-state index is 6.01. The summed E-state index contributed by atoms with van der Waals surface area (Å²) in [5, 5.41) is 7.88. The third kappa shape index (κ3) is 2.96. The lowest BCUT2D eigenvalue weighted by molar-refractivity contribution is 0.0846. The Labute approximate surface area is 113 Å². The average molecular weight is 265 g/mol. The second kappa shape index (κ2) is 6.09. The number of hydrogen-bond acceptors (Lipinski definition) is 4. The topological polar surface area (TPSA) is 61.0 Å². The van der Waals surface area contributed by atoms with Gasteiger partial charge in [0, 0.05) is 0 Å². The predicted molar refractivity (Wildman–Crippen MR) is 74.6 cm³/mol. The van der Waals surface area contributed by atoms with Crippen molar-refractivity contribution in [2.75, 3.05) is 0 Å². The van der Waals surface area contributed by atoms with Crippen LogP contribution in [0.25, 0.3) is 0 Å². The Morgan fingerprint density at radius 1 is 1.50 bits per heavy atom. The first-order chi connectivity index (χ1) is 8.72. The molecule has 2 atom stereocenters. The molecule has 1 heterocycles. The van der Waals surface area contributed by atoms with Gasteiger partial charge in [0.15, 0.2) is 0 Å². The van der Waals surface area contributed by atoms with E-state index in [0.717, 1.165) is 12.8 Å². The van der Waals surface area contributed by atoms with Crippen LogP contribution in [0.2, 0.25) is 0 Å². The zero-order valence-corrected chi connectivity index (χ0v) is 11.4. The number of ether oxygens (including phenoxy) is 1. The van der Waals surface area contributed by atoms with Gasteiger partial charge in [-0.3, -0.25) is 0 Å². The summed E-state index contributed by atoms with van der Waals surface area (Å²) in [6.07, 6.45) is 7.74. The van der Waals surface area contributed by atoms with E-state index in [1.807, 2.05) is 0 Å². The van der Waals surface area contributed by atoms with E-state index in [1.54, 1.807) is 12.3 Å². The van der Waals surface area contributed by atoms with Crippen molar-refractivity contribution in [1.82, 2.24) is 10.2 Å². The van der Waals surface area contributed by atoms with Crippen molar-refractivity contribution in [3.63, 3.8) is 0 Å². The molecule has 18 heavy (non-hydrogen) atoms. The van der Waals surface area contributed by atoms with Gasteiger partial charge in [-0.2, -0.15) is 5.10 Å². The van der Waals surface area contributed by atoms with Crippen molar-refractivity contribution < 1.29 is 4.74 Å². The SMILES string of the molecule is CCC1CCCCC1Oc1nnccc1C(N)=S. The van der Waals surface area contributed by atoms with Gasteiger partial charge in [-0.1, -0.05) is 25.6 Å². The Kier molecular flexibility index (Phi) is 4.47. The molecule has 1 aliphatic carbocycles. The largest absolute Gasteiger partial charge is 0.472 e. The quantitative estimate of drug-likeness (QED) is 0.847. The molecule has 0 amide bonds. The van der Waals surface area contributed by atoms with Gasteiger partial charge in [-0.05, 0) is 37.7 Å². The van der Waals surface area contributed by atoms with E-state index in [4.69, 9.17) is 22.7 Å². The molecule has 98 valence electrons. The average Bonchev–Trinajstić information content (AvgIpc) is 2.40. The van der Waals surface area contributed by atoms with Crippen LogP contribution in [0.3, 0.4) is 0 Å². The molecule has 4 nitrogen and oxygen atoms in total. The molecule has 1 aromatic rings. The van der Waals surface area contributed by atoms with Crippen molar-refractivity contribution in [1.29, 1.82) is 0 Å². The minimum Gasteiger partial charge on any atom is -0.472 e. The molecule has 0 saturated heterocycles. The van der Waals surface area contributed by atoms with Gasteiger partial charge in [0.1, 0.15) is 11.1 Å². The van der Waals surface area contributed by atoms with Crippen LogP contribution in [0.4, 0.5) is 0 Å². The fourth-order valence-electron chi connectivity index (χ4n) is 2.53. The molecule has 0 spiro atoms. The summed E-state index contributed by atoms with van der Waals surface area (Å²) in [5.41, 5.74) is 6.35. The minimum absolute atomic E-state index is 0.216.